The minimum absolute atomic E-state index is 0.185. The smallest absolute Gasteiger partial charge is 0.188 e. The summed E-state index contributed by atoms with van der Waals surface area (Å²) in [6, 6.07) is 0.185. The summed E-state index contributed by atoms with van der Waals surface area (Å²) < 4.78 is 10.6. The number of hydrogen-bond donors (Lipinski definition) is 2. The third-order valence-electron chi connectivity index (χ3n) is 4.97. The number of nitrogens with zero attached hydrogens (tertiary/aromatic N) is 2. The second-order valence-corrected chi connectivity index (χ2v) is 7.15. The second kappa shape index (κ2) is 9.45. The summed E-state index contributed by atoms with van der Waals surface area (Å²) in [4.78, 5) is 7.22. The average Bonchev–Trinajstić information content (AvgIpc) is 2.55. The Balaban J connectivity index is 1.91. The van der Waals surface area contributed by atoms with Crippen molar-refractivity contribution in [3.8, 4) is 0 Å². The number of rotatable bonds is 7. The molecule has 6 heteroatoms. The van der Waals surface area contributed by atoms with Crippen LogP contribution in [0.15, 0.2) is 4.99 Å². The molecule has 0 aromatic heterocycles. The van der Waals surface area contributed by atoms with Gasteiger partial charge in [0.05, 0.1) is 19.8 Å². The summed E-state index contributed by atoms with van der Waals surface area (Å²) in [7, 11) is 1.70. The second-order valence-electron chi connectivity index (χ2n) is 7.15. The first-order valence-electron chi connectivity index (χ1n) is 8.99. The molecule has 23 heavy (non-hydrogen) atoms. The molecule has 2 fully saturated rings. The molecule has 1 saturated carbocycles. The van der Waals surface area contributed by atoms with Gasteiger partial charge in [0.15, 0.2) is 5.96 Å². The monoisotopic (exact) mass is 326 g/mol. The zero-order chi connectivity index (χ0) is 16.5. The van der Waals surface area contributed by atoms with Crippen molar-refractivity contribution in [3.05, 3.63) is 0 Å². The summed E-state index contributed by atoms with van der Waals surface area (Å²) in [6.45, 7) is 8.44. The van der Waals surface area contributed by atoms with Gasteiger partial charge in [-0.15, -0.1) is 0 Å². The lowest BCUT2D eigenvalue weighted by atomic mass is 9.73. The van der Waals surface area contributed by atoms with Gasteiger partial charge in [-0.1, -0.05) is 19.3 Å². The van der Waals surface area contributed by atoms with Crippen molar-refractivity contribution >= 4 is 5.96 Å². The van der Waals surface area contributed by atoms with E-state index in [-0.39, 0.29) is 11.5 Å². The molecule has 0 aromatic rings. The molecule has 2 aliphatic rings. The van der Waals surface area contributed by atoms with Crippen molar-refractivity contribution in [2.45, 2.75) is 45.1 Å². The Morgan fingerprint density at radius 2 is 2.00 bits per heavy atom. The fourth-order valence-electron chi connectivity index (χ4n) is 3.74. The van der Waals surface area contributed by atoms with Crippen LogP contribution in [0, 0.1) is 5.41 Å². The highest BCUT2D eigenvalue weighted by molar-refractivity contribution is 5.78. The Morgan fingerprint density at radius 3 is 2.65 bits per heavy atom. The quantitative estimate of drug-likeness (QED) is 0.543. The number of methoxy groups -OCH3 is 1. The van der Waals surface area contributed by atoms with Crippen LogP contribution in [0.1, 0.15) is 39.0 Å². The van der Waals surface area contributed by atoms with Crippen LogP contribution < -0.4 is 11.1 Å². The highest BCUT2D eigenvalue weighted by Gasteiger charge is 2.34. The summed E-state index contributed by atoms with van der Waals surface area (Å²) in [6.07, 6.45) is 6.50. The van der Waals surface area contributed by atoms with E-state index >= 15 is 0 Å². The lowest BCUT2D eigenvalue weighted by molar-refractivity contribution is 0.00938. The van der Waals surface area contributed by atoms with E-state index in [1.54, 1.807) is 7.11 Å². The van der Waals surface area contributed by atoms with Gasteiger partial charge in [-0.2, -0.15) is 0 Å². The summed E-state index contributed by atoms with van der Waals surface area (Å²) in [5.41, 5.74) is 6.35. The molecule has 0 bridgehead atoms. The molecule has 0 aromatic carbocycles. The van der Waals surface area contributed by atoms with Crippen LogP contribution in [-0.2, 0) is 9.47 Å². The molecule has 0 spiro atoms. The van der Waals surface area contributed by atoms with E-state index in [2.05, 4.69) is 22.1 Å². The maximum atomic E-state index is 6.06. The number of ether oxygens (including phenoxy) is 2. The van der Waals surface area contributed by atoms with Crippen molar-refractivity contribution in [1.29, 1.82) is 0 Å². The number of aliphatic imine (C=N–C) groups is 1. The Morgan fingerprint density at radius 1 is 1.30 bits per heavy atom. The molecule has 1 unspecified atom stereocenters. The number of morpholine rings is 1. The summed E-state index contributed by atoms with van der Waals surface area (Å²) in [5, 5.41) is 3.21. The Bertz CT molecular complexity index is 364. The highest BCUT2D eigenvalue weighted by Crippen LogP contribution is 2.37. The third-order valence-corrected chi connectivity index (χ3v) is 4.97. The molecule has 0 amide bonds. The minimum Gasteiger partial charge on any atom is -0.383 e. The molecule has 1 aliphatic carbocycles. The van der Waals surface area contributed by atoms with Gasteiger partial charge in [-0.3, -0.25) is 9.89 Å². The van der Waals surface area contributed by atoms with E-state index in [0.29, 0.717) is 12.6 Å². The number of nitrogens with one attached hydrogen (secondary N) is 1. The first-order valence-corrected chi connectivity index (χ1v) is 8.99. The maximum Gasteiger partial charge on any atom is 0.188 e. The number of hydrogen-bond acceptors (Lipinski definition) is 4. The molecule has 0 radical (unpaired) electrons. The van der Waals surface area contributed by atoms with Crippen LogP contribution in [0.2, 0.25) is 0 Å². The van der Waals surface area contributed by atoms with Crippen molar-refractivity contribution in [2.75, 3.05) is 53.1 Å². The largest absolute Gasteiger partial charge is 0.383 e. The fourth-order valence-corrected chi connectivity index (χ4v) is 3.74. The van der Waals surface area contributed by atoms with Gasteiger partial charge < -0.3 is 20.5 Å². The number of guanidine groups is 1. The minimum atomic E-state index is 0.185. The summed E-state index contributed by atoms with van der Waals surface area (Å²) in [5.74, 6) is 0.543. The van der Waals surface area contributed by atoms with Crippen molar-refractivity contribution < 1.29 is 9.47 Å². The van der Waals surface area contributed by atoms with E-state index in [1.165, 1.54) is 32.1 Å². The van der Waals surface area contributed by atoms with Crippen LogP contribution in [0.5, 0.6) is 0 Å². The summed E-state index contributed by atoms with van der Waals surface area (Å²) >= 11 is 0. The van der Waals surface area contributed by atoms with Crippen molar-refractivity contribution in [1.82, 2.24) is 10.2 Å². The Kier molecular flexibility index (Phi) is 7.59. The SMILES string of the molecule is COCC(C)NC(N)=NCC1(CN2CCOCC2)CCCCC1. The van der Waals surface area contributed by atoms with Gasteiger partial charge in [0, 0.05) is 44.7 Å². The van der Waals surface area contributed by atoms with Gasteiger partial charge in [-0.05, 0) is 19.8 Å². The lowest BCUT2D eigenvalue weighted by Gasteiger charge is -2.41. The first kappa shape index (κ1) is 18.5. The van der Waals surface area contributed by atoms with Crippen LogP contribution >= 0.6 is 0 Å². The van der Waals surface area contributed by atoms with Gasteiger partial charge >= 0.3 is 0 Å². The number of nitrogens with two attached hydrogens (primary N) is 1. The van der Waals surface area contributed by atoms with Crippen LogP contribution in [-0.4, -0.2) is 70.0 Å². The average molecular weight is 326 g/mol. The maximum absolute atomic E-state index is 6.06. The lowest BCUT2D eigenvalue weighted by Crippen LogP contribution is -2.47. The van der Waals surface area contributed by atoms with Crippen molar-refractivity contribution in [3.63, 3.8) is 0 Å². The molecule has 2 rings (SSSR count). The predicted molar refractivity (Wildman–Crippen MR) is 93.7 cm³/mol. The van der Waals surface area contributed by atoms with Gasteiger partial charge in [-0.25, -0.2) is 0 Å². The topological polar surface area (TPSA) is 72.1 Å². The molecule has 1 heterocycles. The van der Waals surface area contributed by atoms with Crippen LogP contribution in [0.4, 0.5) is 0 Å². The van der Waals surface area contributed by atoms with E-state index < -0.39 is 0 Å². The zero-order valence-corrected chi connectivity index (χ0v) is 14.9. The fraction of sp³-hybridized carbons (Fsp3) is 0.941. The molecular formula is C17H34N4O2. The molecule has 1 aliphatic heterocycles. The van der Waals surface area contributed by atoms with E-state index in [1.807, 2.05) is 0 Å². The highest BCUT2D eigenvalue weighted by atomic mass is 16.5. The molecule has 134 valence electrons. The Hall–Kier alpha value is -0.850. The van der Waals surface area contributed by atoms with E-state index in [9.17, 15) is 0 Å². The predicted octanol–water partition coefficient (Wildman–Crippen LogP) is 1.21. The molecule has 1 saturated heterocycles. The van der Waals surface area contributed by atoms with Gasteiger partial charge in [0.25, 0.3) is 0 Å². The van der Waals surface area contributed by atoms with Crippen LogP contribution in [0.3, 0.4) is 0 Å². The third kappa shape index (κ3) is 6.28. The molecule has 6 nitrogen and oxygen atoms in total. The molecule has 3 N–H and O–H groups in total. The normalized spacial score (nSPS) is 24.3. The van der Waals surface area contributed by atoms with E-state index in [4.69, 9.17) is 15.2 Å². The van der Waals surface area contributed by atoms with E-state index in [0.717, 1.165) is 39.4 Å². The van der Waals surface area contributed by atoms with Gasteiger partial charge in [0.2, 0.25) is 0 Å². The molecular weight excluding hydrogens is 292 g/mol. The Labute approximate surface area is 140 Å². The standard InChI is InChI=1S/C17H34N4O2/c1-15(12-22-2)20-16(18)19-13-17(6-4-3-5-7-17)14-21-8-10-23-11-9-21/h15H,3-14H2,1-2H3,(H3,18,19,20). The van der Waals surface area contributed by atoms with Crippen LogP contribution in [0.25, 0.3) is 0 Å². The van der Waals surface area contributed by atoms with Gasteiger partial charge in [0.1, 0.15) is 0 Å². The zero-order valence-electron chi connectivity index (χ0n) is 14.9. The van der Waals surface area contributed by atoms with Crippen molar-refractivity contribution in [2.24, 2.45) is 16.1 Å². The molecule has 1 atom stereocenters. The first-order chi connectivity index (χ1) is 11.1.